The molecule has 0 unspecified atom stereocenters. The molecular formula is C16H17NO3S2. The van der Waals surface area contributed by atoms with Crippen LogP contribution in [0.2, 0.25) is 0 Å². The number of benzene rings is 1. The van der Waals surface area contributed by atoms with E-state index in [-0.39, 0.29) is 5.91 Å². The van der Waals surface area contributed by atoms with Crippen LogP contribution in [0, 0.1) is 0 Å². The average molecular weight is 335 g/mol. The topological polar surface area (TPSA) is 55.4 Å². The van der Waals surface area contributed by atoms with Crippen molar-refractivity contribution in [1.82, 2.24) is 0 Å². The number of rotatable bonds is 7. The van der Waals surface area contributed by atoms with Gasteiger partial charge in [-0.15, -0.1) is 23.1 Å². The van der Waals surface area contributed by atoms with Crippen LogP contribution in [0.25, 0.3) is 0 Å². The van der Waals surface area contributed by atoms with Crippen molar-refractivity contribution < 1.29 is 14.3 Å². The van der Waals surface area contributed by atoms with Crippen molar-refractivity contribution in [2.75, 3.05) is 17.7 Å². The van der Waals surface area contributed by atoms with E-state index in [1.807, 2.05) is 30.3 Å². The second-order valence-corrected chi connectivity index (χ2v) is 6.31. The maximum atomic E-state index is 12.0. The summed E-state index contributed by atoms with van der Waals surface area (Å²) in [6.45, 7) is 2.07. The van der Waals surface area contributed by atoms with Crippen molar-refractivity contribution in [1.29, 1.82) is 0 Å². The Bertz CT molecular complexity index is 625. The number of carbonyl (C=O) groups excluding carboxylic acids is 2. The third-order valence-corrected chi connectivity index (χ3v) is 4.59. The van der Waals surface area contributed by atoms with Crippen LogP contribution in [0.5, 0.6) is 0 Å². The number of nitrogens with one attached hydrogen (secondary N) is 1. The number of hydrogen-bond acceptors (Lipinski definition) is 5. The van der Waals surface area contributed by atoms with Gasteiger partial charge >= 0.3 is 5.97 Å². The van der Waals surface area contributed by atoms with E-state index in [1.54, 1.807) is 18.4 Å². The van der Waals surface area contributed by atoms with E-state index in [0.717, 1.165) is 5.75 Å². The van der Waals surface area contributed by atoms with Crippen LogP contribution in [0.4, 0.5) is 5.00 Å². The maximum Gasteiger partial charge on any atom is 0.341 e. The molecule has 1 aromatic carbocycles. The summed E-state index contributed by atoms with van der Waals surface area (Å²) in [7, 11) is 0. The lowest BCUT2D eigenvalue weighted by atomic mass is 10.2. The van der Waals surface area contributed by atoms with Crippen LogP contribution in [-0.4, -0.2) is 24.2 Å². The molecule has 0 saturated heterocycles. The Morgan fingerprint density at radius 3 is 2.73 bits per heavy atom. The number of thioether (sulfide) groups is 1. The van der Waals surface area contributed by atoms with Gasteiger partial charge in [-0.2, -0.15) is 0 Å². The quantitative estimate of drug-likeness (QED) is 0.782. The largest absolute Gasteiger partial charge is 0.462 e. The predicted octanol–water partition coefficient (Wildman–Crippen LogP) is 3.80. The highest BCUT2D eigenvalue weighted by atomic mass is 32.2. The lowest BCUT2D eigenvalue weighted by molar-refractivity contribution is -0.113. The van der Waals surface area contributed by atoms with E-state index in [1.165, 1.54) is 28.7 Å². The standard InChI is InChI=1S/C16H17NO3S2/c1-2-20-16(19)13-8-9-22-15(13)17-14(18)11-21-10-12-6-4-3-5-7-12/h3-9H,2,10-11H2,1H3,(H,17,18). The zero-order valence-electron chi connectivity index (χ0n) is 12.2. The van der Waals surface area contributed by atoms with Crippen molar-refractivity contribution in [3.8, 4) is 0 Å². The first-order chi connectivity index (χ1) is 10.7. The highest BCUT2D eigenvalue weighted by Crippen LogP contribution is 2.24. The van der Waals surface area contributed by atoms with Gasteiger partial charge in [-0.3, -0.25) is 4.79 Å². The summed E-state index contributed by atoms with van der Waals surface area (Å²) >= 11 is 2.86. The molecule has 0 radical (unpaired) electrons. The van der Waals surface area contributed by atoms with Gasteiger partial charge in [0.2, 0.25) is 5.91 Å². The smallest absolute Gasteiger partial charge is 0.341 e. The maximum absolute atomic E-state index is 12.0. The fourth-order valence-corrected chi connectivity index (χ4v) is 3.35. The molecule has 1 amide bonds. The lowest BCUT2D eigenvalue weighted by Crippen LogP contribution is -2.16. The molecule has 6 heteroatoms. The van der Waals surface area contributed by atoms with Crippen molar-refractivity contribution in [3.63, 3.8) is 0 Å². The summed E-state index contributed by atoms with van der Waals surface area (Å²) in [5.74, 6) is 0.600. The number of thiophene rings is 1. The van der Waals surface area contributed by atoms with Crippen LogP contribution in [0.3, 0.4) is 0 Å². The van der Waals surface area contributed by atoms with Crippen LogP contribution in [0.1, 0.15) is 22.8 Å². The zero-order valence-corrected chi connectivity index (χ0v) is 13.8. The molecule has 0 atom stereocenters. The van der Waals surface area contributed by atoms with Crippen LogP contribution in [-0.2, 0) is 15.3 Å². The molecule has 0 saturated carbocycles. The monoisotopic (exact) mass is 335 g/mol. The third-order valence-electron chi connectivity index (χ3n) is 2.76. The van der Waals surface area contributed by atoms with Gasteiger partial charge in [0.05, 0.1) is 17.9 Å². The normalized spacial score (nSPS) is 10.2. The first kappa shape index (κ1) is 16.6. The second kappa shape index (κ2) is 8.60. The van der Waals surface area contributed by atoms with E-state index in [0.29, 0.717) is 22.9 Å². The summed E-state index contributed by atoms with van der Waals surface area (Å²) in [5, 5.41) is 5.08. The van der Waals surface area contributed by atoms with Gasteiger partial charge in [-0.25, -0.2) is 4.79 Å². The fraction of sp³-hybridized carbons (Fsp3) is 0.250. The molecule has 2 rings (SSSR count). The Morgan fingerprint density at radius 2 is 2.00 bits per heavy atom. The molecule has 2 aromatic rings. The van der Waals surface area contributed by atoms with Gasteiger partial charge in [0, 0.05) is 5.75 Å². The molecule has 1 heterocycles. The number of amides is 1. The van der Waals surface area contributed by atoms with Gasteiger partial charge in [0.15, 0.2) is 0 Å². The first-order valence-electron chi connectivity index (χ1n) is 6.87. The molecule has 0 fully saturated rings. The molecule has 0 aliphatic rings. The Balaban J connectivity index is 1.82. The number of ether oxygens (including phenoxy) is 1. The van der Waals surface area contributed by atoms with Crippen molar-refractivity contribution in [2.45, 2.75) is 12.7 Å². The van der Waals surface area contributed by atoms with Crippen molar-refractivity contribution in [2.24, 2.45) is 0 Å². The minimum Gasteiger partial charge on any atom is -0.462 e. The van der Waals surface area contributed by atoms with E-state index in [9.17, 15) is 9.59 Å². The van der Waals surface area contributed by atoms with E-state index in [2.05, 4.69) is 5.32 Å². The van der Waals surface area contributed by atoms with Gasteiger partial charge in [-0.1, -0.05) is 30.3 Å². The summed E-state index contributed by atoms with van der Waals surface area (Å²) < 4.78 is 4.96. The summed E-state index contributed by atoms with van der Waals surface area (Å²) in [6, 6.07) is 11.6. The Kier molecular flexibility index (Phi) is 6.48. The highest BCUT2D eigenvalue weighted by molar-refractivity contribution is 7.99. The minimum atomic E-state index is -0.406. The van der Waals surface area contributed by atoms with E-state index in [4.69, 9.17) is 4.74 Å². The fourth-order valence-electron chi connectivity index (χ4n) is 1.77. The molecule has 1 N–H and O–H groups in total. The molecule has 0 spiro atoms. The molecule has 22 heavy (non-hydrogen) atoms. The number of carbonyl (C=O) groups is 2. The highest BCUT2D eigenvalue weighted by Gasteiger charge is 2.15. The Morgan fingerprint density at radius 1 is 1.23 bits per heavy atom. The molecular weight excluding hydrogens is 318 g/mol. The van der Waals surface area contributed by atoms with Gasteiger partial charge in [-0.05, 0) is 23.9 Å². The first-order valence-corrected chi connectivity index (χ1v) is 8.90. The predicted molar refractivity (Wildman–Crippen MR) is 91.5 cm³/mol. The zero-order chi connectivity index (χ0) is 15.8. The summed E-state index contributed by atoms with van der Waals surface area (Å²) in [4.78, 5) is 23.7. The van der Waals surface area contributed by atoms with Crippen LogP contribution >= 0.6 is 23.1 Å². The van der Waals surface area contributed by atoms with Crippen molar-refractivity contribution in [3.05, 3.63) is 52.9 Å². The SMILES string of the molecule is CCOC(=O)c1ccsc1NC(=O)CSCc1ccccc1. The second-order valence-electron chi connectivity index (χ2n) is 4.41. The minimum absolute atomic E-state index is 0.117. The summed E-state index contributed by atoms with van der Waals surface area (Å²) in [6.07, 6.45) is 0. The average Bonchev–Trinajstić information content (AvgIpc) is 2.97. The molecule has 0 aliphatic heterocycles. The summed E-state index contributed by atoms with van der Waals surface area (Å²) in [5.41, 5.74) is 1.59. The Labute approximate surface area is 137 Å². The van der Waals surface area contributed by atoms with Gasteiger partial charge < -0.3 is 10.1 Å². The molecule has 0 bridgehead atoms. The Hall–Kier alpha value is -1.79. The number of esters is 1. The number of anilines is 1. The third kappa shape index (κ3) is 4.89. The molecule has 4 nitrogen and oxygen atoms in total. The van der Waals surface area contributed by atoms with Crippen molar-refractivity contribution >= 4 is 40.0 Å². The molecule has 1 aromatic heterocycles. The van der Waals surface area contributed by atoms with E-state index < -0.39 is 5.97 Å². The molecule has 0 aliphatic carbocycles. The van der Waals surface area contributed by atoms with E-state index >= 15 is 0 Å². The van der Waals surface area contributed by atoms with Crippen LogP contribution in [0.15, 0.2) is 41.8 Å². The molecule has 116 valence electrons. The lowest BCUT2D eigenvalue weighted by Gasteiger charge is -2.06. The number of hydrogen-bond donors (Lipinski definition) is 1. The van der Waals surface area contributed by atoms with Gasteiger partial charge in [0.25, 0.3) is 0 Å². The van der Waals surface area contributed by atoms with Crippen LogP contribution < -0.4 is 5.32 Å². The van der Waals surface area contributed by atoms with Gasteiger partial charge in [0.1, 0.15) is 5.00 Å².